The molecule has 2 fully saturated rings. The lowest BCUT2D eigenvalue weighted by molar-refractivity contribution is -0.135. The molecule has 0 aromatic carbocycles. The molecule has 2 aliphatic rings. The van der Waals surface area contributed by atoms with Gasteiger partial charge in [0.2, 0.25) is 5.91 Å². The fourth-order valence-electron chi connectivity index (χ4n) is 3.36. The largest absolute Gasteiger partial charge is 0.339 e. The Labute approximate surface area is 149 Å². The van der Waals surface area contributed by atoms with Crippen molar-refractivity contribution in [1.82, 2.24) is 20.1 Å². The van der Waals surface area contributed by atoms with Crippen LogP contribution in [0.4, 0.5) is 0 Å². The number of carbonyl (C=O) groups excluding carboxylic acids is 1. The van der Waals surface area contributed by atoms with E-state index >= 15 is 0 Å². The molecule has 5 nitrogen and oxygen atoms in total. The number of carbonyl (C=O) groups is 1. The monoisotopic (exact) mass is 350 g/mol. The molecule has 0 saturated carbocycles. The van der Waals surface area contributed by atoms with Gasteiger partial charge in [-0.1, -0.05) is 27.2 Å². The molecule has 2 aliphatic heterocycles. The van der Waals surface area contributed by atoms with Crippen molar-refractivity contribution >= 4 is 17.2 Å². The minimum absolute atomic E-state index is 0.0539. The van der Waals surface area contributed by atoms with Crippen LogP contribution in [0.1, 0.15) is 50.7 Å². The van der Waals surface area contributed by atoms with Crippen LogP contribution in [0.15, 0.2) is 5.38 Å². The van der Waals surface area contributed by atoms with Gasteiger partial charge in [0.05, 0.1) is 16.7 Å². The van der Waals surface area contributed by atoms with Crippen LogP contribution in [0.25, 0.3) is 0 Å². The highest BCUT2D eigenvalue weighted by atomic mass is 32.1. The number of rotatable bonds is 3. The number of hydrogen-bond donors (Lipinski definition) is 1. The highest BCUT2D eigenvalue weighted by Crippen LogP contribution is 2.26. The summed E-state index contributed by atoms with van der Waals surface area (Å²) in [6, 6.07) is 0.0539. The third kappa shape index (κ3) is 4.35. The zero-order chi connectivity index (χ0) is 17.2. The van der Waals surface area contributed by atoms with E-state index in [1.165, 1.54) is 23.5 Å². The smallest absolute Gasteiger partial charge is 0.239 e. The predicted octanol–water partition coefficient (Wildman–Crippen LogP) is 2.23. The highest BCUT2D eigenvalue weighted by Gasteiger charge is 2.28. The van der Waals surface area contributed by atoms with Gasteiger partial charge in [0.25, 0.3) is 0 Å². The first-order valence-corrected chi connectivity index (χ1v) is 10.0. The predicted molar refractivity (Wildman–Crippen MR) is 98.3 cm³/mol. The molecule has 0 bridgehead atoms. The summed E-state index contributed by atoms with van der Waals surface area (Å²) in [7, 11) is 0. The maximum atomic E-state index is 12.6. The van der Waals surface area contributed by atoms with E-state index in [2.05, 4.69) is 36.4 Å². The lowest BCUT2D eigenvalue weighted by Crippen LogP contribution is -2.54. The van der Waals surface area contributed by atoms with Gasteiger partial charge in [-0.25, -0.2) is 4.98 Å². The van der Waals surface area contributed by atoms with Crippen molar-refractivity contribution in [3.8, 4) is 0 Å². The van der Waals surface area contributed by atoms with E-state index in [0.29, 0.717) is 5.91 Å². The normalized spacial score (nSPS) is 23.5. The Morgan fingerprint density at radius 3 is 2.62 bits per heavy atom. The van der Waals surface area contributed by atoms with E-state index in [4.69, 9.17) is 4.98 Å². The molecule has 1 atom stereocenters. The van der Waals surface area contributed by atoms with E-state index in [0.717, 1.165) is 45.7 Å². The van der Waals surface area contributed by atoms with Crippen LogP contribution >= 0.6 is 11.3 Å². The Kier molecular flexibility index (Phi) is 5.57. The Bertz CT molecular complexity index is 552. The number of hydrogen-bond acceptors (Lipinski definition) is 5. The second kappa shape index (κ2) is 7.50. The lowest BCUT2D eigenvalue weighted by Gasteiger charge is -2.37. The van der Waals surface area contributed by atoms with Crippen molar-refractivity contribution in [2.75, 3.05) is 32.7 Å². The van der Waals surface area contributed by atoms with E-state index in [9.17, 15) is 4.79 Å². The fraction of sp³-hybridized carbons (Fsp3) is 0.778. The van der Waals surface area contributed by atoms with Crippen LogP contribution in [0.5, 0.6) is 0 Å². The molecule has 0 spiro atoms. The van der Waals surface area contributed by atoms with Gasteiger partial charge in [0.1, 0.15) is 0 Å². The minimum Gasteiger partial charge on any atom is -0.339 e. The number of piperidine rings is 1. The summed E-state index contributed by atoms with van der Waals surface area (Å²) in [4.78, 5) is 21.8. The van der Waals surface area contributed by atoms with Crippen LogP contribution in [0, 0.1) is 0 Å². The fourth-order valence-corrected chi connectivity index (χ4v) is 4.26. The quantitative estimate of drug-likeness (QED) is 0.908. The minimum atomic E-state index is 0.0539. The average Bonchev–Trinajstić information content (AvgIpc) is 3.05. The Hall–Kier alpha value is -0.980. The Balaban J connectivity index is 1.48. The third-order valence-corrected chi connectivity index (χ3v) is 6.19. The van der Waals surface area contributed by atoms with Crippen LogP contribution < -0.4 is 5.32 Å². The van der Waals surface area contributed by atoms with E-state index < -0.39 is 0 Å². The van der Waals surface area contributed by atoms with E-state index in [-0.39, 0.29) is 11.5 Å². The Morgan fingerprint density at radius 2 is 2.04 bits per heavy atom. The maximum absolute atomic E-state index is 12.6. The highest BCUT2D eigenvalue weighted by molar-refractivity contribution is 7.09. The Morgan fingerprint density at radius 1 is 1.29 bits per heavy atom. The van der Waals surface area contributed by atoms with E-state index in [1.807, 2.05) is 4.90 Å². The van der Waals surface area contributed by atoms with Gasteiger partial charge < -0.3 is 10.2 Å². The van der Waals surface area contributed by atoms with Gasteiger partial charge in [-0.15, -0.1) is 11.3 Å². The van der Waals surface area contributed by atoms with E-state index in [1.54, 1.807) is 11.3 Å². The van der Waals surface area contributed by atoms with Crippen molar-refractivity contribution in [1.29, 1.82) is 0 Å². The van der Waals surface area contributed by atoms with Crippen molar-refractivity contribution in [2.45, 2.75) is 58.0 Å². The summed E-state index contributed by atoms with van der Waals surface area (Å²) in [5, 5.41) is 6.76. The zero-order valence-corrected chi connectivity index (χ0v) is 16.0. The molecular formula is C18H30N4OS. The molecule has 6 heteroatoms. The van der Waals surface area contributed by atoms with Crippen molar-refractivity contribution in [3.63, 3.8) is 0 Å². The molecule has 3 heterocycles. The molecule has 134 valence electrons. The van der Waals surface area contributed by atoms with Gasteiger partial charge in [-0.05, 0) is 19.4 Å². The standard InChI is InChI=1S/C18H30N4OS/c1-18(2,3)17-20-14(13-24-17)12-21-8-10-22(11-9-21)16(23)15-6-4-5-7-19-15/h13,15,19H,4-12H2,1-3H3. The molecule has 1 aromatic heterocycles. The van der Waals surface area contributed by atoms with Gasteiger partial charge in [0.15, 0.2) is 0 Å². The molecule has 0 radical (unpaired) electrons. The second-order valence-electron chi connectivity index (χ2n) is 8.00. The number of piperazine rings is 1. The summed E-state index contributed by atoms with van der Waals surface area (Å²) in [5.74, 6) is 0.304. The number of thiazole rings is 1. The molecule has 0 aliphatic carbocycles. The molecule has 1 amide bonds. The van der Waals surface area contributed by atoms with Gasteiger partial charge in [0, 0.05) is 43.5 Å². The zero-order valence-electron chi connectivity index (χ0n) is 15.2. The number of nitrogens with one attached hydrogen (secondary N) is 1. The van der Waals surface area contributed by atoms with Crippen LogP contribution in [0.3, 0.4) is 0 Å². The number of nitrogens with zero attached hydrogens (tertiary/aromatic N) is 3. The average molecular weight is 351 g/mol. The third-order valence-electron chi connectivity index (χ3n) is 4.87. The lowest BCUT2D eigenvalue weighted by atomic mass is 9.98. The van der Waals surface area contributed by atoms with Gasteiger partial charge in [-0.3, -0.25) is 9.69 Å². The van der Waals surface area contributed by atoms with Crippen LogP contribution in [0.2, 0.25) is 0 Å². The number of amides is 1. The summed E-state index contributed by atoms with van der Waals surface area (Å²) in [5.41, 5.74) is 1.29. The maximum Gasteiger partial charge on any atom is 0.239 e. The molecule has 3 rings (SSSR count). The summed E-state index contributed by atoms with van der Waals surface area (Å²) < 4.78 is 0. The molecular weight excluding hydrogens is 320 g/mol. The first-order valence-electron chi connectivity index (χ1n) is 9.13. The summed E-state index contributed by atoms with van der Waals surface area (Å²) in [6.45, 7) is 12.1. The van der Waals surface area contributed by atoms with Crippen molar-refractivity contribution < 1.29 is 4.79 Å². The topological polar surface area (TPSA) is 48.5 Å². The van der Waals surface area contributed by atoms with Crippen LogP contribution in [-0.2, 0) is 16.8 Å². The first-order chi connectivity index (χ1) is 11.4. The van der Waals surface area contributed by atoms with Crippen LogP contribution in [-0.4, -0.2) is 59.5 Å². The molecule has 1 N–H and O–H groups in total. The summed E-state index contributed by atoms with van der Waals surface area (Å²) >= 11 is 1.76. The molecule has 24 heavy (non-hydrogen) atoms. The first kappa shape index (κ1) is 17.8. The molecule has 2 saturated heterocycles. The SMILES string of the molecule is CC(C)(C)c1nc(CN2CCN(C(=O)C3CCCCN3)CC2)cs1. The van der Waals surface area contributed by atoms with Crippen molar-refractivity contribution in [3.05, 3.63) is 16.1 Å². The van der Waals surface area contributed by atoms with Gasteiger partial charge >= 0.3 is 0 Å². The molecule has 1 unspecified atom stereocenters. The van der Waals surface area contributed by atoms with Crippen molar-refractivity contribution in [2.24, 2.45) is 0 Å². The summed E-state index contributed by atoms with van der Waals surface area (Å²) in [6.07, 6.45) is 3.36. The number of aromatic nitrogens is 1. The van der Waals surface area contributed by atoms with Gasteiger partial charge in [-0.2, -0.15) is 0 Å². The second-order valence-corrected chi connectivity index (χ2v) is 8.86. The molecule has 1 aromatic rings.